The Hall–Kier alpha value is -4.75. The summed E-state index contributed by atoms with van der Waals surface area (Å²) in [4.78, 5) is 13.7. The van der Waals surface area contributed by atoms with Crippen molar-refractivity contribution in [2.24, 2.45) is 0 Å². The Balaban J connectivity index is 1.61. The van der Waals surface area contributed by atoms with Gasteiger partial charge >= 0.3 is 5.97 Å². The van der Waals surface area contributed by atoms with E-state index in [1.165, 1.54) is 0 Å². The molecule has 1 aromatic heterocycles. The molecule has 0 spiro atoms. The first-order valence-electron chi connectivity index (χ1n) is 13.3. The molecule has 0 aliphatic rings. The van der Waals surface area contributed by atoms with E-state index < -0.39 is 11.5 Å². The van der Waals surface area contributed by atoms with Crippen LogP contribution in [0.15, 0.2) is 132 Å². The highest BCUT2D eigenvalue weighted by molar-refractivity contribution is 9.10. The van der Waals surface area contributed by atoms with Crippen molar-refractivity contribution < 1.29 is 14.3 Å². The van der Waals surface area contributed by atoms with E-state index in [1.807, 2.05) is 127 Å². The third-order valence-corrected chi connectivity index (χ3v) is 7.48. The number of rotatable bonds is 8. The number of halogens is 1. The van der Waals surface area contributed by atoms with E-state index in [1.54, 1.807) is 11.6 Å². The van der Waals surface area contributed by atoms with E-state index in [2.05, 4.69) is 26.2 Å². The number of carbonyl (C=O) groups is 1. The maximum atomic E-state index is 13.7. The molecule has 0 fully saturated rings. The number of carbonyl (C=O) groups excluding carboxylic acids is 1. The molecule has 0 saturated heterocycles. The van der Waals surface area contributed by atoms with Crippen LogP contribution in [0.1, 0.15) is 34.1 Å². The van der Waals surface area contributed by atoms with Crippen LogP contribution in [0.3, 0.4) is 0 Å². The number of benzene rings is 5. The SMILES string of the molecule is CCOC(=O)c1c(Oc2ccc3cc(Br)ccc3c2)nnn1C(c1ccccc1)(c1ccccc1)c1ccccc1. The minimum atomic E-state index is -1.06. The molecule has 0 saturated carbocycles. The molecule has 6 rings (SSSR count). The van der Waals surface area contributed by atoms with Crippen LogP contribution in [-0.2, 0) is 10.3 Å². The van der Waals surface area contributed by atoms with Gasteiger partial charge in [-0.25, -0.2) is 9.48 Å². The Morgan fingerprint density at radius 1 is 0.756 bits per heavy atom. The van der Waals surface area contributed by atoms with E-state index in [4.69, 9.17) is 9.47 Å². The highest BCUT2D eigenvalue weighted by Crippen LogP contribution is 2.42. The number of nitrogens with zero attached hydrogens (tertiary/aromatic N) is 3. The maximum Gasteiger partial charge on any atom is 0.362 e. The van der Waals surface area contributed by atoms with E-state index >= 15 is 0 Å². The predicted molar refractivity (Wildman–Crippen MR) is 162 cm³/mol. The molecule has 0 bridgehead atoms. The van der Waals surface area contributed by atoms with Crippen molar-refractivity contribution in [2.45, 2.75) is 12.5 Å². The van der Waals surface area contributed by atoms with Crippen LogP contribution in [-0.4, -0.2) is 27.6 Å². The largest absolute Gasteiger partial charge is 0.461 e. The van der Waals surface area contributed by atoms with Crippen molar-refractivity contribution >= 4 is 32.7 Å². The smallest absolute Gasteiger partial charge is 0.362 e. The first-order valence-corrected chi connectivity index (χ1v) is 14.1. The molecule has 0 aliphatic carbocycles. The highest BCUT2D eigenvalue weighted by Gasteiger charge is 2.44. The van der Waals surface area contributed by atoms with Gasteiger partial charge in [0, 0.05) is 4.47 Å². The van der Waals surface area contributed by atoms with E-state index in [0.29, 0.717) is 5.75 Å². The second-order valence-corrected chi connectivity index (χ2v) is 10.4. The van der Waals surface area contributed by atoms with Gasteiger partial charge in [-0.1, -0.05) is 129 Å². The number of esters is 1. The summed E-state index contributed by atoms with van der Waals surface area (Å²) >= 11 is 3.52. The fourth-order valence-corrected chi connectivity index (χ4v) is 5.60. The molecule has 5 aromatic carbocycles. The Kier molecular flexibility index (Phi) is 7.35. The molecule has 6 nitrogen and oxygen atoms in total. The van der Waals surface area contributed by atoms with Gasteiger partial charge in [0.25, 0.3) is 5.88 Å². The van der Waals surface area contributed by atoms with Gasteiger partial charge in [-0.05, 0) is 58.7 Å². The predicted octanol–water partition coefficient (Wildman–Crippen LogP) is 8.00. The average Bonchev–Trinajstić information content (AvgIpc) is 3.43. The van der Waals surface area contributed by atoms with Crippen molar-refractivity contribution in [3.63, 3.8) is 0 Å². The first-order chi connectivity index (χ1) is 20.1. The minimum absolute atomic E-state index is 0.0621. The van der Waals surface area contributed by atoms with E-state index in [-0.39, 0.29) is 18.2 Å². The molecule has 1 heterocycles. The van der Waals surface area contributed by atoms with Crippen molar-refractivity contribution in [2.75, 3.05) is 6.61 Å². The molecule has 7 heteroatoms. The van der Waals surface area contributed by atoms with Crippen LogP contribution in [0.2, 0.25) is 0 Å². The topological polar surface area (TPSA) is 66.2 Å². The summed E-state index contributed by atoms with van der Waals surface area (Å²) in [5, 5.41) is 11.1. The quantitative estimate of drug-likeness (QED) is 0.130. The number of ether oxygens (including phenoxy) is 2. The number of hydrogen-bond donors (Lipinski definition) is 0. The van der Waals surface area contributed by atoms with Crippen LogP contribution in [0.5, 0.6) is 11.6 Å². The van der Waals surface area contributed by atoms with Crippen LogP contribution >= 0.6 is 15.9 Å². The zero-order chi connectivity index (χ0) is 28.2. The van der Waals surface area contributed by atoms with Gasteiger partial charge in [0.05, 0.1) is 6.61 Å². The molecule has 41 heavy (non-hydrogen) atoms. The van der Waals surface area contributed by atoms with Crippen molar-refractivity contribution in [1.82, 2.24) is 15.0 Å². The van der Waals surface area contributed by atoms with Gasteiger partial charge < -0.3 is 9.47 Å². The van der Waals surface area contributed by atoms with Gasteiger partial charge in [-0.2, -0.15) is 0 Å². The van der Waals surface area contributed by atoms with Gasteiger partial charge in [0.1, 0.15) is 11.3 Å². The zero-order valence-electron chi connectivity index (χ0n) is 22.3. The second kappa shape index (κ2) is 11.4. The summed E-state index contributed by atoms with van der Waals surface area (Å²) in [7, 11) is 0. The van der Waals surface area contributed by atoms with Crippen molar-refractivity contribution in [3.8, 4) is 11.6 Å². The van der Waals surface area contributed by atoms with E-state index in [0.717, 1.165) is 31.9 Å². The summed E-state index contributed by atoms with van der Waals surface area (Å²) in [6.45, 7) is 1.95. The molecule has 0 unspecified atom stereocenters. The molecule has 202 valence electrons. The lowest BCUT2D eigenvalue weighted by Crippen LogP contribution is -2.40. The molecule has 0 N–H and O–H groups in total. The third-order valence-electron chi connectivity index (χ3n) is 6.99. The lowest BCUT2D eigenvalue weighted by atomic mass is 9.77. The van der Waals surface area contributed by atoms with Gasteiger partial charge in [0.15, 0.2) is 0 Å². The summed E-state index contributed by atoms with van der Waals surface area (Å²) in [5.74, 6) is 0.0126. The van der Waals surface area contributed by atoms with Gasteiger partial charge in [0.2, 0.25) is 5.69 Å². The van der Waals surface area contributed by atoms with Crippen LogP contribution in [0.4, 0.5) is 0 Å². The Bertz CT molecular complexity index is 1710. The highest BCUT2D eigenvalue weighted by atomic mass is 79.9. The van der Waals surface area contributed by atoms with E-state index in [9.17, 15) is 4.79 Å². The Morgan fingerprint density at radius 3 is 1.85 bits per heavy atom. The monoisotopic (exact) mass is 603 g/mol. The summed E-state index contributed by atoms with van der Waals surface area (Å²) in [6, 6.07) is 41.6. The summed E-state index contributed by atoms with van der Waals surface area (Å²) in [6.07, 6.45) is 0. The number of fused-ring (bicyclic) bond motifs is 1. The lowest BCUT2D eigenvalue weighted by Gasteiger charge is -2.36. The molecular weight excluding hydrogens is 578 g/mol. The zero-order valence-corrected chi connectivity index (χ0v) is 23.9. The summed E-state index contributed by atoms with van der Waals surface area (Å²) in [5.41, 5.74) is 1.75. The standard InChI is InChI=1S/C34H26BrN3O3/c1-2-40-33(39)31-32(41-30-21-19-24-22-29(35)20-18-25(24)23-30)36-37-38(31)34(26-12-6-3-7-13-26,27-14-8-4-9-15-27)28-16-10-5-11-17-28/h3-23H,2H2,1H3. The minimum Gasteiger partial charge on any atom is -0.461 e. The molecule has 6 aromatic rings. The van der Waals surface area contributed by atoms with Gasteiger partial charge in [-0.3, -0.25) is 0 Å². The fourth-order valence-electron chi connectivity index (χ4n) is 5.22. The molecule has 0 amide bonds. The molecule has 0 atom stereocenters. The van der Waals surface area contributed by atoms with Crippen molar-refractivity contribution in [3.05, 3.63) is 154 Å². The van der Waals surface area contributed by atoms with Crippen LogP contribution in [0.25, 0.3) is 10.8 Å². The molecule has 0 aliphatic heterocycles. The molecular formula is C34H26BrN3O3. The Morgan fingerprint density at radius 2 is 1.29 bits per heavy atom. The normalized spacial score (nSPS) is 11.4. The Labute approximate surface area is 246 Å². The van der Waals surface area contributed by atoms with Gasteiger partial charge in [-0.15, -0.1) is 0 Å². The molecule has 0 radical (unpaired) electrons. The summed E-state index contributed by atoms with van der Waals surface area (Å²) < 4.78 is 14.5. The first kappa shape index (κ1) is 26.5. The number of aromatic nitrogens is 3. The second-order valence-electron chi connectivity index (χ2n) is 9.44. The average molecular weight is 605 g/mol. The van der Waals surface area contributed by atoms with Crippen LogP contribution < -0.4 is 4.74 Å². The number of hydrogen-bond acceptors (Lipinski definition) is 5. The van der Waals surface area contributed by atoms with Crippen molar-refractivity contribution in [1.29, 1.82) is 0 Å². The lowest BCUT2D eigenvalue weighted by molar-refractivity contribution is 0.0505. The fraction of sp³-hybridized carbons (Fsp3) is 0.0882. The maximum absolute atomic E-state index is 13.7. The van der Waals surface area contributed by atoms with Crippen LogP contribution in [0, 0.1) is 0 Å². The third kappa shape index (κ3) is 4.89.